The highest BCUT2D eigenvalue weighted by molar-refractivity contribution is 5.12. The van der Waals surface area contributed by atoms with Crippen molar-refractivity contribution < 1.29 is 0 Å². The summed E-state index contributed by atoms with van der Waals surface area (Å²) in [6.45, 7) is 4.48. The molecular weight excluding hydrogens is 256 g/mol. The van der Waals surface area contributed by atoms with Gasteiger partial charge >= 0.3 is 0 Å². The molecule has 0 N–H and O–H groups in total. The van der Waals surface area contributed by atoms with Crippen LogP contribution >= 0.6 is 0 Å². The summed E-state index contributed by atoms with van der Waals surface area (Å²) in [5, 5.41) is 8.87. The molecule has 1 heterocycles. The maximum atomic E-state index is 4.48. The standard InChI is InChI=1S/C19H32N2/c1-3-5-6-7-9-16-10-12-17(13-11-16)19-15-14-18(8-4-2)20-21-19/h14-17H,3-13H2,1-2H3/t16-,17-. The summed E-state index contributed by atoms with van der Waals surface area (Å²) in [6.07, 6.45) is 14.7. The number of rotatable bonds is 8. The van der Waals surface area contributed by atoms with E-state index in [9.17, 15) is 0 Å². The average molecular weight is 288 g/mol. The van der Waals surface area contributed by atoms with E-state index in [0.717, 1.165) is 24.5 Å². The quantitative estimate of drug-likeness (QED) is 0.576. The molecule has 1 aliphatic carbocycles. The SMILES string of the molecule is CCCCCC[C@H]1CC[C@H](c2ccc(CCC)nn2)CC1. The van der Waals surface area contributed by atoms with E-state index >= 15 is 0 Å². The zero-order chi connectivity index (χ0) is 14.9. The summed E-state index contributed by atoms with van der Waals surface area (Å²) in [6, 6.07) is 4.41. The van der Waals surface area contributed by atoms with Crippen LogP contribution in [-0.2, 0) is 6.42 Å². The van der Waals surface area contributed by atoms with Crippen LogP contribution in [0.2, 0.25) is 0 Å². The monoisotopic (exact) mass is 288 g/mol. The number of hydrogen-bond donors (Lipinski definition) is 0. The second kappa shape index (κ2) is 9.17. The largest absolute Gasteiger partial charge is 0.155 e. The van der Waals surface area contributed by atoms with Crippen LogP contribution in [-0.4, -0.2) is 10.2 Å². The number of aryl methyl sites for hydroxylation is 1. The number of hydrogen-bond acceptors (Lipinski definition) is 2. The van der Waals surface area contributed by atoms with Crippen LogP contribution in [0.1, 0.15) is 95.4 Å². The van der Waals surface area contributed by atoms with Crippen molar-refractivity contribution >= 4 is 0 Å². The lowest BCUT2D eigenvalue weighted by Crippen LogP contribution is -2.15. The molecule has 0 aliphatic heterocycles. The van der Waals surface area contributed by atoms with Gasteiger partial charge in [-0.1, -0.05) is 52.4 Å². The van der Waals surface area contributed by atoms with E-state index in [1.807, 2.05) is 0 Å². The second-order valence-electron chi connectivity index (χ2n) is 6.77. The van der Waals surface area contributed by atoms with Crippen molar-refractivity contribution in [3.05, 3.63) is 23.5 Å². The Morgan fingerprint density at radius 3 is 2.33 bits per heavy atom. The van der Waals surface area contributed by atoms with Crippen molar-refractivity contribution in [1.29, 1.82) is 0 Å². The van der Waals surface area contributed by atoms with Gasteiger partial charge in [-0.15, -0.1) is 0 Å². The molecule has 21 heavy (non-hydrogen) atoms. The first-order valence-electron chi connectivity index (χ1n) is 9.16. The van der Waals surface area contributed by atoms with Gasteiger partial charge in [-0.3, -0.25) is 0 Å². The molecule has 0 unspecified atom stereocenters. The van der Waals surface area contributed by atoms with Crippen LogP contribution in [0.15, 0.2) is 12.1 Å². The molecule has 2 nitrogen and oxygen atoms in total. The van der Waals surface area contributed by atoms with Gasteiger partial charge in [0.1, 0.15) is 0 Å². The minimum Gasteiger partial charge on any atom is -0.155 e. The lowest BCUT2D eigenvalue weighted by atomic mass is 9.78. The van der Waals surface area contributed by atoms with E-state index in [4.69, 9.17) is 0 Å². The van der Waals surface area contributed by atoms with Crippen LogP contribution < -0.4 is 0 Å². The first kappa shape index (κ1) is 16.5. The van der Waals surface area contributed by atoms with Gasteiger partial charge in [0.15, 0.2) is 0 Å². The maximum Gasteiger partial charge on any atom is 0.0662 e. The van der Waals surface area contributed by atoms with Crippen LogP contribution in [0, 0.1) is 5.92 Å². The summed E-state index contributed by atoms with van der Waals surface area (Å²) in [5.41, 5.74) is 2.38. The summed E-state index contributed by atoms with van der Waals surface area (Å²) < 4.78 is 0. The Bertz CT molecular complexity index is 377. The second-order valence-corrected chi connectivity index (χ2v) is 6.77. The third kappa shape index (κ3) is 5.41. The molecule has 2 heteroatoms. The topological polar surface area (TPSA) is 25.8 Å². The van der Waals surface area contributed by atoms with Gasteiger partial charge in [0.05, 0.1) is 11.4 Å². The Kier molecular flexibility index (Phi) is 7.18. The van der Waals surface area contributed by atoms with Gasteiger partial charge in [0.2, 0.25) is 0 Å². The Labute approximate surface area is 130 Å². The smallest absolute Gasteiger partial charge is 0.0662 e. The number of aromatic nitrogens is 2. The lowest BCUT2D eigenvalue weighted by Gasteiger charge is -2.28. The van der Waals surface area contributed by atoms with Crippen molar-refractivity contribution in [3.8, 4) is 0 Å². The van der Waals surface area contributed by atoms with Crippen LogP contribution in [0.25, 0.3) is 0 Å². The van der Waals surface area contributed by atoms with Crippen LogP contribution in [0.4, 0.5) is 0 Å². The molecule has 0 atom stereocenters. The van der Waals surface area contributed by atoms with Crippen LogP contribution in [0.3, 0.4) is 0 Å². The summed E-state index contributed by atoms with van der Waals surface area (Å²) in [5.74, 6) is 1.64. The summed E-state index contributed by atoms with van der Waals surface area (Å²) in [4.78, 5) is 0. The zero-order valence-electron chi connectivity index (χ0n) is 14.0. The first-order chi connectivity index (χ1) is 10.3. The van der Waals surface area contributed by atoms with Gasteiger partial charge in [0, 0.05) is 5.92 Å². The molecule has 0 spiro atoms. The fourth-order valence-corrected chi connectivity index (χ4v) is 3.58. The Balaban J connectivity index is 1.73. The molecule has 2 rings (SSSR count). The van der Waals surface area contributed by atoms with Gasteiger partial charge in [-0.25, -0.2) is 0 Å². The van der Waals surface area contributed by atoms with Gasteiger partial charge in [0.25, 0.3) is 0 Å². The Hall–Kier alpha value is -0.920. The molecule has 0 radical (unpaired) electrons. The Morgan fingerprint density at radius 1 is 0.905 bits per heavy atom. The van der Waals surface area contributed by atoms with Crippen molar-refractivity contribution in [1.82, 2.24) is 10.2 Å². The highest BCUT2D eigenvalue weighted by Gasteiger charge is 2.23. The van der Waals surface area contributed by atoms with Gasteiger partial charge in [-0.2, -0.15) is 10.2 Å². The normalized spacial score (nSPS) is 22.4. The number of unbranched alkanes of at least 4 members (excludes halogenated alkanes) is 3. The average Bonchev–Trinajstić information content (AvgIpc) is 2.53. The highest BCUT2D eigenvalue weighted by atomic mass is 15.1. The fourth-order valence-electron chi connectivity index (χ4n) is 3.58. The number of nitrogens with zero attached hydrogens (tertiary/aromatic N) is 2. The first-order valence-corrected chi connectivity index (χ1v) is 9.16. The summed E-state index contributed by atoms with van der Waals surface area (Å²) >= 11 is 0. The molecule has 1 aliphatic rings. The zero-order valence-corrected chi connectivity index (χ0v) is 14.0. The fraction of sp³-hybridized carbons (Fsp3) is 0.789. The molecule has 0 bridgehead atoms. The molecule has 1 saturated carbocycles. The van der Waals surface area contributed by atoms with Crippen molar-refractivity contribution in [2.75, 3.05) is 0 Å². The molecular formula is C19H32N2. The molecule has 1 aromatic rings. The summed E-state index contributed by atoms with van der Waals surface area (Å²) in [7, 11) is 0. The van der Waals surface area contributed by atoms with E-state index < -0.39 is 0 Å². The molecule has 0 amide bonds. The van der Waals surface area contributed by atoms with Crippen molar-refractivity contribution in [2.45, 2.75) is 90.4 Å². The van der Waals surface area contributed by atoms with E-state index in [0.29, 0.717) is 5.92 Å². The molecule has 118 valence electrons. The molecule has 1 aromatic heterocycles. The third-order valence-corrected chi connectivity index (χ3v) is 4.98. The molecule has 0 aromatic carbocycles. The lowest BCUT2D eigenvalue weighted by molar-refractivity contribution is 0.298. The molecule has 1 fully saturated rings. The predicted molar refractivity (Wildman–Crippen MR) is 89.5 cm³/mol. The van der Waals surface area contributed by atoms with E-state index in [-0.39, 0.29) is 0 Å². The van der Waals surface area contributed by atoms with E-state index in [2.05, 4.69) is 36.2 Å². The van der Waals surface area contributed by atoms with E-state index in [1.165, 1.54) is 63.5 Å². The third-order valence-electron chi connectivity index (χ3n) is 4.98. The minimum absolute atomic E-state index is 0.667. The highest BCUT2D eigenvalue weighted by Crippen LogP contribution is 2.36. The van der Waals surface area contributed by atoms with Gasteiger partial charge < -0.3 is 0 Å². The minimum atomic E-state index is 0.667. The van der Waals surface area contributed by atoms with Crippen molar-refractivity contribution in [2.24, 2.45) is 5.92 Å². The van der Waals surface area contributed by atoms with E-state index in [1.54, 1.807) is 0 Å². The molecule has 0 saturated heterocycles. The Morgan fingerprint density at radius 2 is 1.71 bits per heavy atom. The maximum absolute atomic E-state index is 4.48. The van der Waals surface area contributed by atoms with Crippen molar-refractivity contribution in [3.63, 3.8) is 0 Å². The van der Waals surface area contributed by atoms with Gasteiger partial charge in [-0.05, 0) is 50.2 Å². The predicted octanol–water partition coefficient (Wildman–Crippen LogP) is 5.67. The van der Waals surface area contributed by atoms with Crippen LogP contribution in [0.5, 0.6) is 0 Å².